The van der Waals surface area contributed by atoms with E-state index in [2.05, 4.69) is 23.5 Å². The molecule has 0 fully saturated rings. The molecule has 0 saturated heterocycles. The molecule has 1 unspecified atom stereocenters. The van der Waals surface area contributed by atoms with Crippen molar-refractivity contribution in [1.82, 2.24) is 9.88 Å². The smallest absolute Gasteiger partial charge is 0.254 e. The van der Waals surface area contributed by atoms with Gasteiger partial charge in [-0.15, -0.1) is 0 Å². The summed E-state index contributed by atoms with van der Waals surface area (Å²) in [6, 6.07) is 3.91. The van der Waals surface area contributed by atoms with Crippen molar-refractivity contribution in [2.24, 2.45) is 0 Å². The van der Waals surface area contributed by atoms with Crippen LogP contribution in [0.2, 0.25) is 0 Å². The van der Waals surface area contributed by atoms with E-state index in [-0.39, 0.29) is 11.9 Å². The molecular weight excluding hydrogens is 258 g/mol. The quantitative estimate of drug-likeness (QED) is 0.870. The topological polar surface area (TPSA) is 45.2 Å². The molecule has 1 aromatic rings. The Hall–Kier alpha value is -1.23. The van der Waals surface area contributed by atoms with Crippen LogP contribution in [0.5, 0.6) is 0 Å². The molecule has 1 N–H and O–H groups in total. The fraction of sp³-hybridized carbons (Fsp3) is 0.571. The van der Waals surface area contributed by atoms with Crippen molar-refractivity contribution in [3.8, 4) is 0 Å². The second-order valence-corrected chi connectivity index (χ2v) is 5.47. The first-order valence-electron chi connectivity index (χ1n) is 6.48. The minimum atomic E-state index is 0.0511. The second-order valence-electron chi connectivity index (χ2n) is 4.56. The number of pyridine rings is 1. The number of carbonyl (C=O) groups excluding carboxylic acids is 1. The molecule has 4 nitrogen and oxygen atoms in total. The molecule has 0 aliphatic carbocycles. The summed E-state index contributed by atoms with van der Waals surface area (Å²) in [6.07, 6.45) is 2.87. The van der Waals surface area contributed by atoms with E-state index < -0.39 is 0 Å². The lowest BCUT2D eigenvalue weighted by Gasteiger charge is -2.24. The van der Waals surface area contributed by atoms with Gasteiger partial charge in [0.1, 0.15) is 5.82 Å². The maximum Gasteiger partial charge on any atom is 0.254 e. The van der Waals surface area contributed by atoms with Crippen LogP contribution < -0.4 is 5.32 Å². The lowest BCUT2D eigenvalue weighted by molar-refractivity contribution is 0.0757. The second kappa shape index (κ2) is 7.38. The van der Waals surface area contributed by atoms with Gasteiger partial charge in [-0.25, -0.2) is 4.98 Å². The largest absolute Gasteiger partial charge is 0.373 e. The Morgan fingerprint density at radius 1 is 1.53 bits per heavy atom. The number of hydrogen-bond donors (Lipinski definition) is 1. The number of anilines is 1. The van der Waals surface area contributed by atoms with Crippen LogP contribution >= 0.6 is 11.8 Å². The average molecular weight is 281 g/mol. The van der Waals surface area contributed by atoms with Crippen molar-refractivity contribution in [1.29, 1.82) is 0 Å². The normalized spacial score (nSPS) is 12.1. The number of rotatable bonds is 6. The predicted octanol–water partition coefficient (Wildman–Crippen LogP) is 2.51. The monoisotopic (exact) mass is 281 g/mol. The molecule has 106 valence electrons. The molecule has 0 aliphatic heterocycles. The molecule has 0 spiro atoms. The van der Waals surface area contributed by atoms with Gasteiger partial charge in [0.25, 0.3) is 5.91 Å². The van der Waals surface area contributed by atoms with Crippen LogP contribution in [-0.4, -0.2) is 47.9 Å². The molecule has 0 aromatic carbocycles. The molecule has 19 heavy (non-hydrogen) atoms. The van der Waals surface area contributed by atoms with Gasteiger partial charge in [0.15, 0.2) is 0 Å². The summed E-state index contributed by atoms with van der Waals surface area (Å²) in [7, 11) is 3.67. The number of aryl methyl sites for hydroxylation is 1. The molecular formula is C14H23N3OS. The van der Waals surface area contributed by atoms with Gasteiger partial charge < -0.3 is 10.2 Å². The molecule has 0 bridgehead atoms. The SMILES string of the molecule is CCc1cc(C(=O)N(C)C(C)CSC)cc(NC)n1. The van der Waals surface area contributed by atoms with E-state index in [4.69, 9.17) is 0 Å². The van der Waals surface area contributed by atoms with E-state index in [1.165, 1.54) is 0 Å². The summed E-state index contributed by atoms with van der Waals surface area (Å²) >= 11 is 1.75. The van der Waals surface area contributed by atoms with Crippen LogP contribution in [0.3, 0.4) is 0 Å². The molecule has 0 aliphatic rings. The Morgan fingerprint density at radius 3 is 2.74 bits per heavy atom. The van der Waals surface area contributed by atoms with Crippen LogP contribution in [0.15, 0.2) is 12.1 Å². The summed E-state index contributed by atoms with van der Waals surface area (Å²) in [5, 5.41) is 3.00. The summed E-state index contributed by atoms with van der Waals surface area (Å²) in [6.45, 7) is 4.10. The van der Waals surface area contributed by atoms with Crippen LogP contribution in [0.4, 0.5) is 5.82 Å². The van der Waals surface area contributed by atoms with Crippen LogP contribution in [-0.2, 0) is 6.42 Å². The number of thioether (sulfide) groups is 1. The number of amides is 1. The lowest BCUT2D eigenvalue weighted by Crippen LogP contribution is -2.36. The first-order valence-corrected chi connectivity index (χ1v) is 7.87. The highest BCUT2D eigenvalue weighted by Crippen LogP contribution is 2.15. The molecule has 5 heteroatoms. The fourth-order valence-corrected chi connectivity index (χ4v) is 2.48. The molecule has 0 radical (unpaired) electrons. The molecule has 0 saturated carbocycles. The minimum Gasteiger partial charge on any atom is -0.373 e. The van der Waals surface area contributed by atoms with Gasteiger partial charge in [-0.1, -0.05) is 6.92 Å². The van der Waals surface area contributed by atoms with E-state index in [1.54, 1.807) is 16.7 Å². The number of carbonyl (C=O) groups is 1. The Bertz CT molecular complexity index is 414. The first-order chi connectivity index (χ1) is 9.03. The van der Waals surface area contributed by atoms with Crippen molar-refractivity contribution in [2.45, 2.75) is 26.3 Å². The highest BCUT2D eigenvalue weighted by Gasteiger charge is 2.18. The number of nitrogens with one attached hydrogen (secondary N) is 1. The molecule has 1 rings (SSSR count). The third-order valence-corrected chi connectivity index (χ3v) is 3.95. The first kappa shape index (κ1) is 15.8. The van der Waals surface area contributed by atoms with Gasteiger partial charge >= 0.3 is 0 Å². The number of aromatic nitrogens is 1. The maximum absolute atomic E-state index is 12.5. The maximum atomic E-state index is 12.5. The summed E-state index contributed by atoms with van der Waals surface area (Å²) in [5.74, 6) is 1.73. The van der Waals surface area contributed by atoms with Gasteiger partial charge in [0, 0.05) is 37.1 Å². The van der Waals surface area contributed by atoms with Crippen LogP contribution in [0.25, 0.3) is 0 Å². The Kier molecular flexibility index (Phi) is 6.15. The molecule has 1 atom stereocenters. The summed E-state index contributed by atoms with van der Waals surface area (Å²) in [5.41, 5.74) is 1.63. The Labute approximate surface area is 120 Å². The van der Waals surface area contributed by atoms with E-state index >= 15 is 0 Å². The molecule has 1 heterocycles. The van der Waals surface area contributed by atoms with Gasteiger partial charge in [-0.05, 0) is 31.7 Å². The van der Waals surface area contributed by atoms with Crippen molar-refractivity contribution >= 4 is 23.5 Å². The standard InChI is InChI=1S/C14H23N3OS/c1-6-12-7-11(8-13(15-3)16-12)14(18)17(4)10(2)9-19-5/h7-8,10H,6,9H2,1-5H3,(H,15,16). The molecule has 1 aromatic heterocycles. The van der Waals surface area contributed by atoms with Crippen LogP contribution in [0.1, 0.15) is 29.9 Å². The van der Waals surface area contributed by atoms with E-state index in [9.17, 15) is 4.79 Å². The Balaban J connectivity index is 2.98. The summed E-state index contributed by atoms with van der Waals surface area (Å²) in [4.78, 5) is 18.7. The average Bonchev–Trinajstić information content (AvgIpc) is 2.45. The zero-order valence-corrected chi connectivity index (χ0v) is 13.2. The summed E-state index contributed by atoms with van der Waals surface area (Å²) < 4.78 is 0. The zero-order valence-electron chi connectivity index (χ0n) is 12.4. The van der Waals surface area contributed by atoms with Gasteiger partial charge in [-0.2, -0.15) is 11.8 Å². The van der Waals surface area contributed by atoms with Crippen molar-refractivity contribution in [2.75, 3.05) is 31.4 Å². The van der Waals surface area contributed by atoms with Gasteiger partial charge in [0.05, 0.1) is 0 Å². The highest BCUT2D eigenvalue weighted by molar-refractivity contribution is 7.98. The van der Waals surface area contributed by atoms with Gasteiger partial charge in [0.2, 0.25) is 0 Å². The number of hydrogen-bond acceptors (Lipinski definition) is 4. The van der Waals surface area contributed by atoms with Crippen molar-refractivity contribution < 1.29 is 4.79 Å². The third-order valence-electron chi connectivity index (χ3n) is 3.13. The molecule has 1 amide bonds. The van der Waals surface area contributed by atoms with E-state index in [0.717, 1.165) is 23.7 Å². The lowest BCUT2D eigenvalue weighted by atomic mass is 10.1. The minimum absolute atomic E-state index is 0.0511. The fourth-order valence-electron chi connectivity index (χ4n) is 1.78. The Morgan fingerprint density at radius 2 is 2.21 bits per heavy atom. The van der Waals surface area contributed by atoms with E-state index in [1.807, 2.05) is 33.2 Å². The van der Waals surface area contributed by atoms with Crippen molar-refractivity contribution in [3.05, 3.63) is 23.4 Å². The highest BCUT2D eigenvalue weighted by atomic mass is 32.2. The van der Waals surface area contributed by atoms with Gasteiger partial charge in [-0.3, -0.25) is 4.79 Å². The third kappa shape index (κ3) is 4.13. The zero-order chi connectivity index (χ0) is 14.4. The van der Waals surface area contributed by atoms with Crippen LogP contribution in [0, 0.1) is 0 Å². The van der Waals surface area contributed by atoms with E-state index in [0.29, 0.717) is 5.56 Å². The predicted molar refractivity (Wildman–Crippen MR) is 83.1 cm³/mol. The van der Waals surface area contributed by atoms with Crippen molar-refractivity contribution in [3.63, 3.8) is 0 Å². The number of nitrogens with zero attached hydrogens (tertiary/aromatic N) is 2.